The molecule has 0 aliphatic carbocycles. The van der Waals surface area contributed by atoms with Crippen LogP contribution in [0.25, 0.3) is 0 Å². The van der Waals surface area contributed by atoms with Crippen LogP contribution in [0, 0.1) is 0 Å². The van der Waals surface area contributed by atoms with Crippen LogP contribution < -0.4 is 5.32 Å². The van der Waals surface area contributed by atoms with E-state index in [0.717, 1.165) is 5.69 Å². The number of amides is 1. The van der Waals surface area contributed by atoms with Gasteiger partial charge in [-0.25, -0.2) is 9.97 Å². The van der Waals surface area contributed by atoms with Gasteiger partial charge >= 0.3 is 0 Å². The second-order valence-electron chi connectivity index (χ2n) is 4.19. The number of thioether (sulfide) groups is 1. The van der Waals surface area contributed by atoms with E-state index in [1.807, 2.05) is 24.5 Å². The summed E-state index contributed by atoms with van der Waals surface area (Å²) in [6.07, 6.45) is 6.58. The minimum absolute atomic E-state index is 0.254. The molecule has 0 saturated heterocycles. The van der Waals surface area contributed by atoms with Gasteiger partial charge in [-0.05, 0) is 18.4 Å². The van der Waals surface area contributed by atoms with Gasteiger partial charge in [-0.3, -0.25) is 9.78 Å². The molecule has 1 N–H and O–H groups in total. The monoisotopic (exact) mass is 304 g/mol. The van der Waals surface area contributed by atoms with Crippen molar-refractivity contribution in [3.8, 4) is 0 Å². The Morgan fingerprint density at radius 1 is 1.33 bits per heavy atom. The Labute approximate surface area is 127 Å². The summed E-state index contributed by atoms with van der Waals surface area (Å²) >= 11 is 1.42. The van der Waals surface area contributed by atoms with E-state index < -0.39 is 0 Å². The lowest BCUT2D eigenvalue weighted by molar-refractivity contribution is 0.0893. The Kier molecular flexibility index (Phi) is 5.65. The highest BCUT2D eigenvalue weighted by Crippen LogP contribution is 2.12. The third-order valence-electron chi connectivity index (χ3n) is 2.76. The molecule has 2 aromatic heterocycles. The van der Waals surface area contributed by atoms with Crippen LogP contribution in [0.1, 0.15) is 22.1 Å². The molecule has 0 saturated carbocycles. The first-order chi connectivity index (χ1) is 10.2. The Balaban J connectivity index is 2.10. The van der Waals surface area contributed by atoms with E-state index in [2.05, 4.69) is 20.3 Å². The highest BCUT2D eigenvalue weighted by Gasteiger charge is 2.17. The van der Waals surface area contributed by atoms with Crippen LogP contribution in [0.4, 0.5) is 0 Å². The first-order valence-corrected chi connectivity index (χ1v) is 7.54. The quantitative estimate of drug-likeness (QED) is 0.647. The van der Waals surface area contributed by atoms with E-state index in [-0.39, 0.29) is 11.9 Å². The van der Waals surface area contributed by atoms with Crippen molar-refractivity contribution in [3.05, 3.63) is 48.0 Å². The van der Waals surface area contributed by atoms with E-state index in [4.69, 9.17) is 4.74 Å². The number of rotatable bonds is 6. The molecule has 1 atom stereocenters. The lowest BCUT2D eigenvalue weighted by atomic mass is 10.2. The van der Waals surface area contributed by atoms with Crippen molar-refractivity contribution in [3.63, 3.8) is 0 Å². The molecule has 2 rings (SSSR count). The fourth-order valence-electron chi connectivity index (χ4n) is 1.73. The molecule has 0 radical (unpaired) electrons. The van der Waals surface area contributed by atoms with E-state index >= 15 is 0 Å². The predicted molar refractivity (Wildman–Crippen MR) is 80.1 cm³/mol. The average Bonchev–Trinajstić information content (AvgIpc) is 2.55. The van der Waals surface area contributed by atoms with E-state index in [1.165, 1.54) is 24.2 Å². The Morgan fingerprint density at radius 2 is 2.10 bits per heavy atom. The summed E-state index contributed by atoms with van der Waals surface area (Å²) < 4.78 is 5.14. The van der Waals surface area contributed by atoms with Gasteiger partial charge in [0.05, 0.1) is 23.9 Å². The number of hydrogen-bond acceptors (Lipinski definition) is 6. The number of methoxy groups -OCH3 is 1. The summed E-state index contributed by atoms with van der Waals surface area (Å²) in [5, 5.41) is 3.50. The van der Waals surface area contributed by atoms with Crippen LogP contribution in [0.15, 0.2) is 41.9 Å². The van der Waals surface area contributed by atoms with Gasteiger partial charge in [0, 0.05) is 25.7 Å². The zero-order chi connectivity index (χ0) is 15.1. The predicted octanol–water partition coefficient (Wildman–Crippen LogP) is 1.71. The molecule has 2 heterocycles. The Bertz CT molecular complexity index is 577. The minimum atomic E-state index is -0.316. The smallest absolute Gasteiger partial charge is 0.255 e. The van der Waals surface area contributed by atoms with Gasteiger partial charge in [0.2, 0.25) is 0 Å². The molecular formula is C14H16N4O2S. The fourth-order valence-corrected chi connectivity index (χ4v) is 2.05. The molecule has 0 spiro atoms. The molecule has 7 heteroatoms. The zero-order valence-corrected chi connectivity index (χ0v) is 12.6. The number of aromatic nitrogens is 3. The van der Waals surface area contributed by atoms with Crippen molar-refractivity contribution in [2.24, 2.45) is 0 Å². The van der Waals surface area contributed by atoms with Crippen LogP contribution in [-0.2, 0) is 4.74 Å². The second kappa shape index (κ2) is 7.70. The van der Waals surface area contributed by atoms with Gasteiger partial charge in [-0.15, -0.1) is 0 Å². The first kappa shape index (κ1) is 15.4. The van der Waals surface area contributed by atoms with Crippen molar-refractivity contribution in [1.82, 2.24) is 20.3 Å². The van der Waals surface area contributed by atoms with E-state index in [0.29, 0.717) is 17.3 Å². The highest BCUT2D eigenvalue weighted by molar-refractivity contribution is 7.98. The summed E-state index contributed by atoms with van der Waals surface area (Å²) in [6, 6.07) is 5.22. The van der Waals surface area contributed by atoms with Crippen LogP contribution in [-0.4, -0.2) is 40.8 Å². The summed E-state index contributed by atoms with van der Waals surface area (Å²) in [6.45, 7) is 0.340. The van der Waals surface area contributed by atoms with E-state index in [9.17, 15) is 4.79 Å². The molecule has 110 valence electrons. The number of pyridine rings is 1. The normalized spacial score (nSPS) is 11.9. The summed E-state index contributed by atoms with van der Waals surface area (Å²) in [5.74, 6) is -0.254. The molecule has 21 heavy (non-hydrogen) atoms. The third-order valence-corrected chi connectivity index (χ3v) is 3.33. The average molecular weight is 304 g/mol. The van der Waals surface area contributed by atoms with Crippen molar-refractivity contribution in [2.45, 2.75) is 11.2 Å². The largest absolute Gasteiger partial charge is 0.382 e. The Morgan fingerprint density at radius 3 is 2.67 bits per heavy atom. The SMILES string of the molecule is COC[C@H](NC(=O)c1cnc(SC)nc1)c1ccccn1. The van der Waals surface area contributed by atoms with Crippen LogP contribution in [0.2, 0.25) is 0 Å². The highest BCUT2D eigenvalue weighted by atomic mass is 32.2. The number of nitrogens with one attached hydrogen (secondary N) is 1. The van der Waals surface area contributed by atoms with Crippen LogP contribution in [0.3, 0.4) is 0 Å². The van der Waals surface area contributed by atoms with Crippen LogP contribution >= 0.6 is 11.8 Å². The van der Waals surface area contributed by atoms with Gasteiger partial charge in [0.15, 0.2) is 5.16 Å². The molecule has 0 fully saturated rings. The van der Waals surface area contributed by atoms with Crippen molar-refractivity contribution >= 4 is 17.7 Å². The topological polar surface area (TPSA) is 77.0 Å². The fraction of sp³-hybridized carbons (Fsp3) is 0.286. The molecular weight excluding hydrogens is 288 g/mol. The molecule has 0 aliphatic heterocycles. The maximum Gasteiger partial charge on any atom is 0.255 e. The molecule has 1 amide bonds. The summed E-state index contributed by atoms with van der Waals surface area (Å²) in [4.78, 5) is 24.6. The third kappa shape index (κ3) is 4.24. The van der Waals surface area contributed by atoms with Gasteiger partial charge < -0.3 is 10.1 Å². The Hall–Kier alpha value is -1.99. The van der Waals surface area contributed by atoms with Gasteiger partial charge in [-0.1, -0.05) is 17.8 Å². The summed E-state index contributed by atoms with van der Waals surface area (Å²) in [5.41, 5.74) is 1.15. The van der Waals surface area contributed by atoms with Gasteiger partial charge in [0.25, 0.3) is 5.91 Å². The van der Waals surface area contributed by atoms with Crippen LogP contribution in [0.5, 0.6) is 0 Å². The lowest BCUT2D eigenvalue weighted by Gasteiger charge is -2.17. The second-order valence-corrected chi connectivity index (χ2v) is 4.97. The maximum atomic E-state index is 12.2. The van der Waals surface area contributed by atoms with Gasteiger partial charge in [0.1, 0.15) is 0 Å². The number of nitrogens with zero attached hydrogens (tertiary/aromatic N) is 3. The summed E-state index contributed by atoms with van der Waals surface area (Å²) in [7, 11) is 1.58. The molecule has 2 aromatic rings. The number of hydrogen-bond donors (Lipinski definition) is 1. The van der Waals surface area contributed by atoms with Gasteiger partial charge in [-0.2, -0.15) is 0 Å². The molecule has 0 unspecified atom stereocenters. The standard InChI is InChI=1S/C14H16N4O2S/c1-20-9-12(11-5-3-4-6-15-11)18-13(19)10-7-16-14(21-2)17-8-10/h3-8,12H,9H2,1-2H3,(H,18,19)/t12-/m0/s1. The van der Waals surface area contributed by atoms with E-state index in [1.54, 1.807) is 13.3 Å². The number of ether oxygens (including phenoxy) is 1. The van der Waals surface area contributed by atoms with Crippen molar-refractivity contribution in [1.29, 1.82) is 0 Å². The first-order valence-electron chi connectivity index (χ1n) is 6.31. The van der Waals surface area contributed by atoms with Crippen molar-refractivity contribution in [2.75, 3.05) is 20.0 Å². The lowest BCUT2D eigenvalue weighted by Crippen LogP contribution is -2.32. The molecule has 6 nitrogen and oxygen atoms in total. The zero-order valence-electron chi connectivity index (χ0n) is 11.8. The maximum absolute atomic E-state index is 12.2. The number of carbonyl (C=O) groups is 1. The minimum Gasteiger partial charge on any atom is -0.382 e. The van der Waals surface area contributed by atoms with Crippen molar-refractivity contribution < 1.29 is 9.53 Å². The number of carbonyl (C=O) groups excluding carboxylic acids is 1. The molecule has 0 bridgehead atoms. The molecule has 0 aromatic carbocycles. The molecule has 0 aliphatic rings.